The number of amides is 1. The van der Waals surface area contributed by atoms with Gasteiger partial charge in [0.15, 0.2) is 17.5 Å². The number of carbonyl (C=O) groups excluding carboxylic acids is 1. The number of methoxy groups -OCH3 is 1. The normalized spacial score (nSPS) is 22.8. The number of benzene rings is 2. The average molecular weight is 499 g/mol. The zero-order valence-electron chi connectivity index (χ0n) is 19.8. The van der Waals surface area contributed by atoms with Crippen LogP contribution in [0.2, 0.25) is 0 Å². The first-order valence-corrected chi connectivity index (χ1v) is 12.0. The summed E-state index contributed by atoms with van der Waals surface area (Å²) in [5.41, 5.74) is 8.95. The van der Waals surface area contributed by atoms with Crippen molar-refractivity contribution in [1.29, 1.82) is 5.41 Å². The van der Waals surface area contributed by atoms with Gasteiger partial charge in [-0.05, 0) is 61.9 Å². The third-order valence-electron chi connectivity index (χ3n) is 7.08. The highest BCUT2D eigenvalue weighted by Gasteiger charge is 2.38. The lowest BCUT2D eigenvalue weighted by atomic mass is 9.74. The third-order valence-corrected chi connectivity index (χ3v) is 7.08. The number of halogens is 2. The molecule has 3 aliphatic rings. The summed E-state index contributed by atoms with van der Waals surface area (Å²) in [6, 6.07) is 10.0. The first kappa shape index (κ1) is 24.2. The Morgan fingerprint density at radius 1 is 1.17 bits per heavy atom. The van der Waals surface area contributed by atoms with E-state index >= 15 is 0 Å². The van der Waals surface area contributed by atoms with Gasteiger partial charge in [-0.15, -0.1) is 0 Å². The minimum Gasteiger partial charge on any atom is -0.493 e. The number of hydrogen-bond donors (Lipinski definition) is 3. The van der Waals surface area contributed by atoms with Crippen molar-refractivity contribution in [2.24, 2.45) is 10.7 Å². The predicted octanol–water partition coefficient (Wildman–Crippen LogP) is 3.64. The van der Waals surface area contributed by atoms with Gasteiger partial charge in [0, 0.05) is 28.7 Å². The first-order valence-electron chi connectivity index (χ1n) is 12.0. The molecule has 5 rings (SSSR count). The first-order chi connectivity index (χ1) is 17.3. The number of aliphatic imine (C=N–C) groups is 1. The van der Waals surface area contributed by atoms with Crippen LogP contribution in [0.5, 0.6) is 11.5 Å². The van der Waals surface area contributed by atoms with Gasteiger partial charge in [-0.1, -0.05) is 12.1 Å². The molecule has 8 nitrogen and oxygen atoms in total. The van der Waals surface area contributed by atoms with E-state index in [0.717, 1.165) is 24.0 Å². The Labute approximate surface area is 207 Å². The van der Waals surface area contributed by atoms with Gasteiger partial charge in [-0.3, -0.25) is 20.1 Å². The second-order valence-corrected chi connectivity index (χ2v) is 9.46. The second-order valence-electron chi connectivity index (χ2n) is 9.46. The fraction of sp³-hybridized carbons (Fsp3) is 0.423. The van der Waals surface area contributed by atoms with Crippen molar-refractivity contribution in [2.75, 3.05) is 7.11 Å². The monoisotopic (exact) mass is 498 g/mol. The third kappa shape index (κ3) is 4.53. The van der Waals surface area contributed by atoms with Crippen LogP contribution < -0.4 is 15.2 Å². The molecular formula is C26H28F2N4O4. The summed E-state index contributed by atoms with van der Waals surface area (Å²) in [6.45, 7) is -3.00. The van der Waals surface area contributed by atoms with Crippen molar-refractivity contribution in [3.05, 3.63) is 58.7 Å². The van der Waals surface area contributed by atoms with E-state index in [1.54, 1.807) is 36.4 Å². The zero-order valence-corrected chi connectivity index (χ0v) is 19.8. The van der Waals surface area contributed by atoms with Crippen LogP contribution in [0.4, 0.5) is 8.78 Å². The molecule has 4 N–H and O–H groups in total. The van der Waals surface area contributed by atoms with Gasteiger partial charge >= 0.3 is 6.61 Å². The maximum Gasteiger partial charge on any atom is 0.387 e. The predicted molar refractivity (Wildman–Crippen MR) is 129 cm³/mol. The molecule has 0 aromatic heterocycles. The van der Waals surface area contributed by atoms with Crippen LogP contribution in [0.3, 0.4) is 0 Å². The van der Waals surface area contributed by atoms with Crippen molar-refractivity contribution >= 4 is 17.6 Å². The van der Waals surface area contributed by atoms with E-state index < -0.39 is 12.7 Å². The molecule has 0 saturated heterocycles. The summed E-state index contributed by atoms with van der Waals surface area (Å²) in [4.78, 5) is 19.3. The number of nitrogens with zero attached hydrogens (tertiary/aromatic N) is 2. The number of nitrogens with one attached hydrogen (secondary N) is 1. The van der Waals surface area contributed by atoms with E-state index in [4.69, 9.17) is 25.6 Å². The standard InChI is InChI=1S/C26H28F2N4O4/c1-35-21-12-19-17(11-22(21)36-25(27)28)18-10-16(33)8-9-20(18)31-23(19)13-2-4-14(5-3-13)24(34)32(26(29)30)15-6-7-15/h2-5,11-12,15-16,18,20,25,33H,6-10H2,1H3,(H3,29,30). The summed E-state index contributed by atoms with van der Waals surface area (Å²) in [5.74, 6) is -0.626. The molecule has 2 aromatic carbocycles. The van der Waals surface area contributed by atoms with Crippen molar-refractivity contribution in [1.82, 2.24) is 4.90 Å². The molecule has 2 saturated carbocycles. The van der Waals surface area contributed by atoms with Gasteiger partial charge in [0.1, 0.15) is 0 Å². The Hall–Kier alpha value is -3.53. The average Bonchev–Trinajstić information content (AvgIpc) is 3.68. The summed E-state index contributed by atoms with van der Waals surface area (Å²) in [6.07, 6.45) is 2.92. The largest absolute Gasteiger partial charge is 0.493 e. The second kappa shape index (κ2) is 9.50. The van der Waals surface area contributed by atoms with E-state index in [1.165, 1.54) is 12.0 Å². The van der Waals surface area contributed by atoms with Crippen LogP contribution in [-0.4, -0.2) is 59.5 Å². The maximum atomic E-state index is 13.1. The number of fused-ring (bicyclic) bond motifs is 3. The SMILES string of the molecule is COc1cc2c(cc1OC(F)F)C1CC(O)CCC1N=C2c1ccc(C(=O)N(C(=N)N)C2CC2)cc1. The van der Waals surface area contributed by atoms with E-state index in [0.29, 0.717) is 36.1 Å². The number of carbonyl (C=O) groups is 1. The molecule has 1 aliphatic heterocycles. The summed E-state index contributed by atoms with van der Waals surface area (Å²) < 4.78 is 36.2. The van der Waals surface area contributed by atoms with E-state index in [-0.39, 0.29) is 41.4 Å². The van der Waals surface area contributed by atoms with Crippen molar-refractivity contribution in [3.63, 3.8) is 0 Å². The van der Waals surface area contributed by atoms with Crippen molar-refractivity contribution in [3.8, 4) is 11.5 Å². The highest BCUT2D eigenvalue weighted by Crippen LogP contribution is 2.45. The minimum atomic E-state index is -3.00. The Kier molecular flexibility index (Phi) is 6.38. The number of rotatable bonds is 6. The van der Waals surface area contributed by atoms with E-state index in [2.05, 4.69) is 0 Å². The van der Waals surface area contributed by atoms with Crippen LogP contribution in [0.15, 0.2) is 41.4 Å². The van der Waals surface area contributed by atoms with Gasteiger partial charge in [0.25, 0.3) is 5.91 Å². The van der Waals surface area contributed by atoms with Gasteiger partial charge in [0.2, 0.25) is 0 Å². The van der Waals surface area contributed by atoms with Crippen LogP contribution >= 0.6 is 0 Å². The van der Waals surface area contributed by atoms with Crippen LogP contribution in [0.25, 0.3) is 0 Å². The van der Waals surface area contributed by atoms with Gasteiger partial charge in [-0.25, -0.2) is 0 Å². The lowest BCUT2D eigenvalue weighted by molar-refractivity contribution is -0.0513. The molecule has 1 amide bonds. The molecule has 10 heteroatoms. The molecule has 1 heterocycles. The van der Waals surface area contributed by atoms with Crippen LogP contribution in [0.1, 0.15) is 65.1 Å². The van der Waals surface area contributed by atoms with E-state index in [9.17, 15) is 18.7 Å². The number of hydrogen-bond acceptors (Lipinski definition) is 6. The number of alkyl halides is 2. The molecular weight excluding hydrogens is 470 g/mol. The van der Waals surface area contributed by atoms with Crippen molar-refractivity contribution < 1.29 is 28.2 Å². The van der Waals surface area contributed by atoms with Crippen LogP contribution in [-0.2, 0) is 0 Å². The smallest absolute Gasteiger partial charge is 0.387 e. The number of guanidine groups is 1. The lowest BCUT2D eigenvalue weighted by Crippen LogP contribution is -2.42. The molecule has 2 aromatic rings. The molecule has 36 heavy (non-hydrogen) atoms. The van der Waals surface area contributed by atoms with Gasteiger partial charge in [0.05, 0.1) is 25.0 Å². The highest BCUT2D eigenvalue weighted by atomic mass is 19.3. The van der Waals surface area contributed by atoms with Crippen LogP contribution in [0, 0.1) is 5.41 Å². The Bertz CT molecular complexity index is 1210. The Morgan fingerprint density at radius 2 is 1.89 bits per heavy atom. The molecule has 190 valence electrons. The summed E-state index contributed by atoms with van der Waals surface area (Å²) in [7, 11) is 1.38. The Balaban J connectivity index is 1.53. The fourth-order valence-corrected chi connectivity index (χ4v) is 5.24. The van der Waals surface area contributed by atoms with Gasteiger partial charge in [-0.2, -0.15) is 8.78 Å². The van der Waals surface area contributed by atoms with Gasteiger partial charge < -0.3 is 20.3 Å². The fourth-order valence-electron chi connectivity index (χ4n) is 5.24. The molecule has 0 radical (unpaired) electrons. The van der Waals surface area contributed by atoms with Crippen molar-refractivity contribution in [2.45, 2.75) is 62.8 Å². The lowest BCUT2D eigenvalue weighted by Gasteiger charge is -2.37. The van der Waals surface area contributed by atoms with E-state index in [1.807, 2.05) is 0 Å². The zero-order chi connectivity index (χ0) is 25.6. The molecule has 2 fully saturated rings. The maximum absolute atomic E-state index is 13.1. The number of ether oxygens (including phenoxy) is 2. The highest BCUT2D eigenvalue weighted by molar-refractivity contribution is 6.15. The molecule has 2 aliphatic carbocycles. The number of nitrogens with two attached hydrogens (primary N) is 1. The number of aliphatic hydroxyl groups is 1. The molecule has 3 atom stereocenters. The summed E-state index contributed by atoms with van der Waals surface area (Å²) >= 11 is 0. The summed E-state index contributed by atoms with van der Waals surface area (Å²) in [5, 5.41) is 18.1. The molecule has 0 bridgehead atoms. The number of aliphatic hydroxyl groups excluding tert-OH is 1. The topological polar surface area (TPSA) is 121 Å². The quantitative estimate of drug-likeness (QED) is 0.415. The minimum absolute atomic E-state index is 0.0278. The molecule has 3 unspecified atom stereocenters. The molecule has 0 spiro atoms. The Morgan fingerprint density at radius 3 is 2.50 bits per heavy atom.